The van der Waals surface area contributed by atoms with Gasteiger partial charge in [-0.2, -0.15) is 0 Å². The maximum atomic E-state index is 11.8. The minimum Gasteiger partial charge on any atom is -0.334 e. The number of hydrogen-bond acceptors (Lipinski definition) is 6. The number of thioether (sulfide) groups is 2. The first-order valence-electron chi connectivity index (χ1n) is 21.2. The monoisotopic (exact) mass is 884 g/mol. The fourth-order valence-corrected chi connectivity index (χ4v) is 7.50. The zero-order valence-corrected chi connectivity index (χ0v) is 41.7. The molecular weight excluding hydrogens is 808 g/mol. The third-order valence-electron chi connectivity index (χ3n) is 8.82. The maximum Gasteiger partial charge on any atom is 0.281 e. The van der Waals surface area contributed by atoms with Gasteiger partial charge in [0.1, 0.15) is 11.8 Å². The number of hydrogen-bond donors (Lipinski definition) is 0. The van der Waals surface area contributed by atoms with Crippen LogP contribution in [0.25, 0.3) is 0 Å². The van der Waals surface area contributed by atoms with E-state index in [9.17, 15) is 19.2 Å². The molecule has 0 aliphatic rings. The van der Waals surface area contributed by atoms with Gasteiger partial charge in [0, 0.05) is 61.1 Å². The highest BCUT2D eigenvalue weighted by atomic mass is 35.5. The van der Waals surface area contributed by atoms with Crippen molar-refractivity contribution in [1.82, 2.24) is 9.80 Å². The van der Waals surface area contributed by atoms with Crippen molar-refractivity contribution >= 4 is 80.4 Å². The Morgan fingerprint density at radius 3 is 1.03 bits per heavy atom. The van der Waals surface area contributed by atoms with Crippen LogP contribution in [0.5, 0.6) is 0 Å². The maximum absolute atomic E-state index is 11.8. The largest absolute Gasteiger partial charge is 0.334 e. The van der Waals surface area contributed by atoms with Gasteiger partial charge < -0.3 is 19.6 Å². The molecule has 12 heteroatoms. The van der Waals surface area contributed by atoms with Gasteiger partial charge in [-0.1, -0.05) is 89.3 Å². The van der Waals surface area contributed by atoms with Gasteiger partial charge in [0.05, 0.1) is 0 Å². The fraction of sp³-hybridized carbons (Fsp3) is 0.652. The molecule has 0 radical (unpaired) electrons. The summed E-state index contributed by atoms with van der Waals surface area (Å²) in [5, 5.41) is 0.510. The first-order valence-corrected chi connectivity index (χ1v) is 24.2. The molecule has 0 aromatic heterocycles. The van der Waals surface area contributed by atoms with Crippen LogP contribution < -0.4 is 9.80 Å². The van der Waals surface area contributed by atoms with Crippen molar-refractivity contribution in [2.24, 2.45) is 0 Å². The number of carbonyl (C=O) groups excluding carboxylic acids is 4. The quantitative estimate of drug-likeness (QED) is 0.139. The number of aryl methyl sites for hydroxylation is 2. The normalized spacial score (nSPS) is 10.4. The lowest BCUT2D eigenvalue weighted by atomic mass is 10.1. The van der Waals surface area contributed by atoms with E-state index in [0.29, 0.717) is 0 Å². The second kappa shape index (κ2) is 34.3. The third kappa shape index (κ3) is 22.3. The van der Waals surface area contributed by atoms with Crippen molar-refractivity contribution in [1.29, 1.82) is 0 Å². The van der Waals surface area contributed by atoms with Crippen LogP contribution in [0.3, 0.4) is 0 Å². The Balaban J connectivity index is 0. The van der Waals surface area contributed by atoms with Crippen LogP contribution in [-0.4, -0.2) is 93.6 Å². The van der Waals surface area contributed by atoms with E-state index < -0.39 is 0 Å². The second-order valence-electron chi connectivity index (χ2n) is 14.6. The van der Waals surface area contributed by atoms with E-state index in [2.05, 4.69) is 41.5 Å². The molecule has 0 bridgehead atoms. The van der Waals surface area contributed by atoms with Gasteiger partial charge in [-0.15, -0.1) is 23.2 Å². The molecule has 4 amide bonds. The topological polar surface area (TPSA) is 81.2 Å². The Hall–Kier alpha value is -2.40. The van der Waals surface area contributed by atoms with Crippen LogP contribution in [0.2, 0.25) is 0 Å². The number of anilines is 2. The van der Waals surface area contributed by atoms with Crippen molar-refractivity contribution in [2.75, 3.05) is 59.2 Å². The summed E-state index contributed by atoms with van der Waals surface area (Å²) >= 11 is 14.2. The summed E-state index contributed by atoms with van der Waals surface area (Å²) in [6.45, 7) is 32.4. The van der Waals surface area contributed by atoms with Crippen molar-refractivity contribution < 1.29 is 19.2 Å². The summed E-state index contributed by atoms with van der Waals surface area (Å²) < 4.78 is 0. The van der Waals surface area contributed by atoms with Crippen molar-refractivity contribution in [3.05, 3.63) is 58.7 Å². The van der Waals surface area contributed by atoms with Gasteiger partial charge in [-0.25, -0.2) is 0 Å². The highest BCUT2D eigenvalue weighted by Gasteiger charge is 2.21. The lowest BCUT2D eigenvalue weighted by Gasteiger charge is -2.28. The molecule has 8 nitrogen and oxygen atoms in total. The van der Waals surface area contributed by atoms with Gasteiger partial charge in [0.15, 0.2) is 0 Å². The summed E-state index contributed by atoms with van der Waals surface area (Å²) in [5.74, 6) is 1.83. The van der Waals surface area contributed by atoms with Gasteiger partial charge >= 0.3 is 0 Å². The van der Waals surface area contributed by atoms with Gasteiger partial charge in [-0.3, -0.25) is 19.2 Å². The molecule has 2 aromatic rings. The van der Waals surface area contributed by atoms with Crippen molar-refractivity contribution in [3.8, 4) is 0 Å². The molecule has 0 aliphatic heterocycles. The second-order valence-corrected chi connectivity index (χ2v) is 17.2. The molecule has 2 rings (SSSR count). The average molecular weight is 886 g/mol. The minimum atomic E-state index is -0.0506. The summed E-state index contributed by atoms with van der Waals surface area (Å²) in [6, 6.07) is 12.2. The fourth-order valence-electron chi connectivity index (χ4n) is 5.75. The van der Waals surface area contributed by atoms with Crippen LogP contribution in [0.1, 0.15) is 130 Å². The van der Waals surface area contributed by atoms with E-state index in [-0.39, 0.29) is 46.1 Å². The smallest absolute Gasteiger partial charge is 0.281 e. The SMILES string of the molecule is CCCSC(=O)N(CCC)CCC.CCCSC(=O)N(CCC)CCC.Cc1cccc(N(C(=O)CCl)C(C)C)c1C.Cc1cccc(N(C(=O)CCl)C(C)C)c1C. The highest BCUT2D eigenvalue weighted by molar-refractivity contribution is 8.13. The summed E-state index contributed by atoms with van der Waals surface area (Å²) in [5.41, 5.74) is 6.56. The lowest BCUT2D eigenvalue weighted by Crippen LogP contribution is -2.38. The number of halogens is 2. The lowest BCUT2D eigenvalue weighted by molar-refractivity contribution is -0.117. The average Bonchev–Trinajstić information content (AvgIpc) is 3.19. The Bertz CT molecular complexity index is 1340. The molecular formula is C46H78Cl2N4O4S2. The van der Waals surface area contributed by atoms with Crippen LogP contribution in [0, 0.1) is 27.7 Å². The predicted molar refractivity (Wildman–Crippen MR) is 259 cm³/mol. The molecule has 0 aliphatic carbocycles. The van der Waals surface area contributed by atoms with Crippen molar-refractivity contribution in [3.63, 3.8) is 0 Å². The van der Waals surface area contributed by atoms with E-state index >= 15 is 0 Å². The number of rotatable bonds is 18. The Kier molecular flexibility index (Phi) is 34.1. The first kappa shape index (κ1) is 57.7. The molecule has 0 saturated heterocycles. The highest BCUT2D eigenvalue weighted by Crippen LogP contribution is 2.26. The molecule has 0 saturated carbocycles. The minimum absolute atomic E-state index is 0.0194. The molecule has 332 valence electrons. The van der Waals surface area contributed by atoms with Gasteiger partial charge in [0.25, 0.3) is 10.5 Å². The molecule has 0 unspecified atom stereocenters. The summed E-state index contributed by atoms with van der Waals surface area (Å²) in [4.78, 5) is 54.2. The van der Waals surface area contributed by atoms with Crippen LogP contribution in [0.4, 0.5) is 21.0 Å². The molecule has 2 aromatic carbocycles. The summed E-state index contributed by atoms with van der Waals surface area (Å²) in [6.07, 6.45) is 6.36. The molecule has 0 atom stereocenters. The van der Waals surface area contributed by atoms with E-state index in [1.807, 2.05) is 102 Å². The molecule has 58 heavy (non-hydrogen) atoms. The van der Waals surface area contributed by atoms with Gasteiger partial charge in [-0.05, 0) is 128 Å². The zero-order chi connectivity index (χ0) is 44.8. The van der Waals surface area contributed by atoms with Crippen molar-refractivity contribution in [2.45, 2.75) is 148 Å². The number of nitrogens with zero attached hydrogens (tertiary/aromatic N) is 4. The first-order chi connectivity index (χ1) is 27.5. The molecule has 0 heterocycles. The molecule has 0 fully saturated rings. The predicted octanol–water partition coefficient (Wildman–Crippen LogP) is 13.3. The van der Waals surface area contributed by atoms with E-state index in [1.165, 1.54) is 34.7 Å². The van der Waals surface area contributed by atoms with E-state index in [4.69, 9.17) is 23.2 Å². The Morgan fingerprint density at radius 2 is 0.810 bits per heavy atom. The van der Waals surface area contributed by atoms with Crippen LogP contribution in [0.15, 0.2) is 36.4 Å². The molecule has 0 spiro atoms. The Labute approximate surface area is 372 Å². The zero-order valence-electron chi connectivity index (χ0n) is 38.5. The van der Waals surface area contributed by atoms with E-state index in [0.717, 1.165) is 98.7 Å². The van der Waals surface area contributed by atoms with Gasteiger partial charge in [0.2, 0.25) is 11.8 Å². The number of benzene rings is 2. The standard InChI is InChI=1S/2C13H18ClNO.2C10H21NOS/c2*1-9(2)15(13(16)8-14)12-7-5-6-10(3)11(12)4;2*1-4-7-11(8-5-2)10(12)13-9-6-3/h2*5-7,9H,8H2,1-4H3;2*4-9H2,1-3H3. The number of carbonyl (C=O) groups is 4. The van der Waals surface area contributed by atoms with Crippen LogP contribution in [-0.2, 0) is 9.59 Å². The molecule has 0 N–H and O–H groups in total. The third-order valence-corrected chi connectivity index (χ3v) is 11.5. The summed E-state index contributed by atoms with van der Waals surface area (Å²) in [7, 11) is 0. The van der Waals surface area contributed by atoms with Crippen LogP contribution >= 0.6 is 46.7 Å². The number of amides is 4. The Morgan fingerprint density at radius 1 is 0.517 bits per heavy atom. The number of alkyl halides is 2. The van der Waals surface area contributed by atoms with E-state index in [1.54, 1.807) is 9.80 Å².